The highest BCUT2D eigenvalue weighted by atomic mass is 16.5. The third kappa shape index (κ3) is 3.31. The van der Waals surface area contributed by atoms with E-state index < -0.39 is 18.1 Å². The number of fused-ring (bicyclic) bond motifs is 3. The standard InChI is InChI=1S/C19H16N2O4/c20-10-9-17(18(22)23)21-19(24)25-11-16-14-7-3-1-5-12(14)13-6-2-4-8-15(13)16/h1-8,16-17H,9,11H2,(H,21,24)(H,22,23)/t17-/m1/s1. The molecule has 0 radical (unpaired) electrons. The van der Waals surface area contributed by atoms with Gasteiger partial charge in [-0.2, -0.15) is 5.26 Å². The summed E-state index contributed by atoms with van der Waals surface area (Å²) >= 11 is 0. The van der Waals surface area contributed by atoms with Crippen molar-refractivity contribution in [3.05, 3.63) is 59.7 Å². The van der Waals surface area contributed by atoms with Crippen LogP contribution in [0.5, 0.6) is 0 Å². The van der Waals surface area contributed by atoms with Gasteiger partial charge in [-0.3, -0.25) is 0 Å². The van der Waals surface area contributed by atoms with Crippen LogP contribution in [0.3, 0.4) is 0 Å². The summed E-state index contributed by atoms with van der Waals surface area (Å²) in [5.74, 6) is -1.37. The number of carboxylic acid groups (broad SMARTS) is 1. The number of rotatable bonds is 5. The summed E-state index contributed by atoms with van der Waals surface area (Å²) in [6.07, 6.45) is -1.16. The van der Waals surface area contributed by atoms with Gasteiger partial charge in [0.1, 0.15) is 12.6 Å². The molecule has 1 amide bonds. The minimum atomic E-state index is -1.28. The summed E-state index contributed by atoms with van der Waals surface area (Å²) in [7, 11) is 0. The summed E-state index contributed by atoms with van der Waals surface area (Å²) in [4.78, 5) is 22.9. The van der Waals surface area contributed by atoms with E-state index in [-0.39, 0.29) is 18.9 Å². The predicted molar refractivity (Wildman–Crippen MR) is 89.9 cm³/mol. The molecule has 0 spiro atoms. The fraction of sp³-hybridized carbons (Fsp3) is 0.211. The lowest BCUT2D eigenvalue weighted by molar-refractivity contribution is -0.139. The summed E-state index contributed by atoms with van der Waals surface area (Å²) in [6.45, 7) is 0.0960. The van der Waals surface area contributed by atoms with Crippen molar-refractivity contribution in [1.82, 2.24) is 5.32 Å². The van der Waals surface area contributed by atoms with E-state index in [1.807, 2.05) is 48.5 Å². The first-order chi connectivity index (χ1) is 12.1. The van der Waals surface area contributed by atoms with Crippen LogP contribution in [0.25, 0.3) is 11.1 Å². The molecule has 126 valence electrons. The molecule has 3 rings (SSSR count). The number of hydrogen-bond donors (Lipinski definition) is 2. The topological polar surface area (TPSA) is 99.4 Å². The van der Waals surface area contributed by atoms with Gasteiger partial charge in [0.05, 0.1) is 12.5 Å². The minimum absolute atomic E-state index is 0.0960. The van der Waals surface area contributed by atoms with Gasteiger partial charge in [-0.05, 0) is 22.3 Å². The molecule has 0 heterocycles. The van der Waals surface area contributed by atoms with Crippen molar-refractivity contribution in [3.8, 4) is 17.2 Å². The van der Waals surface area contributed by atoms with Crippen molar-refractivity contribution in [2.45, 2.75) is 18.4 Å². The van der Waals surface area contributed by atoms with Crippen molar-refractivity contribution in [1.29, 1.82) is 5.26 Å². The first-order valence-corrected chi connectivity index (χ1v) is 7.83. The van der Waals surface area contributed by atoms with Crippen molar-refractivity contribution >= 4 is 12.1 Å². The quantitative estimate of drug-likeness (QED) is 0.874. The van der Waals surface area contributed by atoms with E-state index in [0.717, 1.165) is 22.3 Å². The smallest absolute Gasteiger partial charge is 0.407 e. The zero-order valence-electron chi connectivity index (χ0n) is 13.3. The van der Waals surface area contributed by atoms with Crippen molar-refractivity contribution in [2.24, 2.45) is 0 Å². The van der Waals surface area contributed by atoms with E-state index in [4.69, 9.17) is 15.1 Å². The molecule has 0 saturated heterocycles. The van der Waals surface area contributed by atoms with Crippen LogP contribution in [0, 0.1) is 11.3 Å². The summed E-state index contributed by atoms with van der Waals surface area (Å²) in [5.41, 5.74) is 4.37. The molecular formula is C19H16N2O4. The van der Waals surface area contributed by atoms with E-state index in [9.17, 15) is 9.59 Å². The highest BCUT2D eigenvalue weighted by molar-refractivity contribution is 5.81. The van der Waals surface area contributed by atoms with Gasteiger partial charge < -0.3 is 15.2 Å². The van der Waals surface area contributed by atoms with Crippen LogP contribution in [-0.4, -0.2) is 29.8 Å². The molecule has 0 fully saturated rings. The Kier molecular flexibility index (Phi) is 4.66. The molecule has 0 saturated carbocycles. The molecule has 1 aliphatic rings. The minimum Gasteiger partial charge on any atom is -0.480 e. The maximum Gasteiger partial charge on any atom is 0.407 e. The third-order valence-corrected chi connectivity index (χ3v) is 4.23. The molecule has 2 aromatic rings. The Morgan fingerprint density at radius 2 is 1.68 bits per heavy atom. The van der Waals surface area contributed by atoms with Crippen molar-refractivity contribution in [3.63, 3.8) is 0 Å². The van der Waals surface area contributed by atoms with E-state index in [1.165, 1.54) is 0 Å². The van der Waals surface area contributed by atoms with Crippen LogP contribution < -0.4 is 5.32 Å². The number of amides is 1. The molecule has 0 aromatic heterocycles. The van der Waals surface area contributed by atoms with Crippen LogP contribution in [0.4, 0.5) is 4.79 Å². The predicted octanol–water partition coefficient (Wildman–Crippen LogP) is 2.89. The van der Waals surface area contributed by atoms with Gasteiger partial charge in [0, 0.05) is 5.92 Å². The van der Waals surface area contributed by atoms with Gasteiger partial charge in [0.25, 0.3) is 0 Å². The molecule has 6 heteroatoms. The molecule has 6 nitrogen and oxygen atoms in total. The molecule has 0 unspecified atom stereocenters. The lowest BCUT2D eigenvalue weighted by atomic mass is 9.98. The Hall–Kier alpha value is -3.33. The number of carbonyl (C=O) groups is 2. The molecule has 2 aromatic carbocycles. The number of alkyl carbamates (subject to hydrolysis) is 1. The van der Waals surface area contributed by atoms with Gasteiger partial charge in [-0.25, -0.2) is 9.59 Å². The number of carbonyl (C=O) groups excluding carboxylic acids is 1. The number of ether oxygens (including phenoxy) is 1. The summed E-state index contributed by atoms with van der Waals surface area (Å²) in [5, 5.41) is 19.8. The van der Waals surface area contributed by atoms with E-state index >= 15 is 0 Å². The molecule has 1 atom stereocenters. The Labute approximate surface area is 144 Å². The fourth-order valence-electron chi connectivity index (χ4n) is 3.07. The van der Waals surface area contributed by atoms with Gasteiger partial charge in [-0.15, -0.1) is 0 Å². The molecule has 0 aliphatic heterocycles. The number of carboxylic acids is 1. The summed E-state index contributed by atoms with van der Waals surface area (Å²) < 4.78 is 5.24. The number of nitrogens with zero attached hydrogens (tertiary/aromatic N) is 1. The molecule has 25 heavy (non-hydrogen) atoms. The lowest BCUT2D eigenvalue weighted by Gasteiger charge is -2.16. The number of nitrogens with one attached hydrogen (secondary N) is 1. The Balaban J connectivity index is 1.72. The van der Waals surface area contributed by atoms with E-state index in [0.29, 0.717) is 0 Å². The molecule has 2 N–H and O–H groups in total. The van der Waals surface area contributed by atoms with Crippen LogP contribution in [0.15, 0.2) is 48.5 Å². The highest BCUT2D eigenvalue weighted by Crippen LogP contribution is 2.44. The Bertz CT molecular complexity index is 811. The average Bonchev–Trinajstić information content (AvgIpc) is 2.93. The Morgan fingerprint density at radius 1 is 1.12 bits per heavy atom. The molecule has 1 aliphatic carbocycles. The molecule has 0 bridgehead atoms. The van der Waals surface area contributed by atoms with Crippen LogP contribution in [-0.2, 0) is 9.53 Å². The van der Waals surface area contributed by atoms with E-state index in [1.54, 1.807) is 6.07 Å². The van der Waals surface area contributed by atoms with Gasteiger partial charge in [-0.1, -0.05) is 48.5 Å². The second-order valence-electron chi connectivity index (χ2n) is 5.72. The fourth-order valence-corrected chi connectivity index (χ4v) is 3.07. The second-order valence-corrected chi connectivity index (χ2v) is 5.72. The first-order valence-electron chi connectivity index (χ1n) is 7.83. The van der Waals surface area contributed by atoms with Gasteiger partial charge >= 0.3 is 12.1 Å². The zero-order chi connectivity index (χ0) is 17.8. The average molecular weight is 336 g/mol. The lowest BCUT2D eigenvalue weighted by Crippen LogP contribution is -2.41. The van der Waals surface area contributed by atoms with Crippen molar-refractivity contribution < 1.29 is 19.4 Å². The maximum atomic E-state index is 11.9. The number of nitriles is 1. The first kappa shape index (κ1) is 16.5. The van der Waals surface area contributed by atoms with E-state index in [2.05, 4.69) is 5.32 Å². The molecular weight excluding hydrogens is 320 g/mol. The number of benzene rings is 2. The zero-order valence-corrected chi connectivity index (χ0v) is 13.3. The summed E-state index contributed by atoms with van der Waals surface area (Å²) in [6, 6.07) is 16.3. The largest absolute Gasteiger partial charge is 0.480 e. The van der Waals surface area contributed by atoms with Crippen molar-refractivity contribution in [2.75, 3.05) is 6.61 Å². The normalized spacial score (nSPS) is 13.2. The van der Waals surface area contributed by atoms with Crippen LogP contribution >= 0.6 is 0 Å². The van der Waals surface area contributed by atoms with Gasteiger partial charge in [0.15, 0.2) is 0 Å². The third-order valence-electron chi connectivity index (χ3n) is 4.23. The highest BCUT2D eigenvalue weighted by Gasteiger charge is 2.29. The second kappa shape index (κ2) is 7.05. The monoisotopic (exact) mass is 336 g/mol. The maximum absolute atomic E-state index is 11.9. The number of aliphatic carboxylic acids is 1. The van der Waals surface area contributed by atoms with Crippen LogP contribution in [0.1, 0.15) is 23.5 Å². The van der Waals surface area contributed by atoms with Crippen LogP contribution in [0.2, 0.25) is 0 Å². The Morgan fingerprint density at radius 3 is 2.20 bits per heavy atom. The number of hydrogen-bond acceptors (Lipinski definition) is 4. The van der Waals surface area contributed by atoms with Gasteiger partial charge in [0.2, 0.25) is 0 Å². The SMILES string of the molecule is N#CC[C@@H](NC(=O)OCC1c2ccccc2-c2ccccc21)C(=O)O.